The Balaban J connectivity index is 1.71. The number of hydrogen-bond acceptors (Lipinski definition) is 8. The maximum absolute atomic E-state index is 13.0. The molecule has 12 heteroatoms. The van der Waals surface area contributed by atoms with Crippen LogP contribution in [0.3, 0.4) is 0 Å². The molecule has 0 bridgehead atoms. The third-order valence-corrected chi connectivity index (χ3v) is 7.28. The molecular formula is C28H30BrClN2O7S. The number of amides is 3. The van der Waals surface area contributed by atoms with Crippen molar-refractivity contribution in [3.63, 3.8) is 0 Å². The molecular weight excluding hydrogens is 624 g/mol. The van der Waals surface area contributed by atoms with E-state index in [1.807, 2.05) is 20.8 Å². The second kappa shape index (κ2) is 15.1. The lowest BCUT2D eigenvalue weighted by Gasteiger charge is -2.14. The number of anilines is 1. The number of benzene rings is 2. The van der Waals surface area contributed by atoms with Gasteiger partial charge in [-0.2, -0.15) is 0 Å². The fraction of sp³-hybridized carbons (Fsp3) is 0.357. The van der Waals surface area contributed by atoms with Crippen LogP contribution in [-0.4, -0.2) is 54.3 Å². The number of imide groups is 1. The highest BCUT2D eigenvalue weighted by Gasteiger charge is 2.36. The first-order chi connectivity index (χ1) is 19.2. The molecule has 3 amide bonds. The van der Waals surface area contributed by atoms with Crippen molar-refractivity contribution < 1.29 is 33.4 Å². The molecule has 214 valence electrons. The summed E-state index contributed by atoms with van der Waals surface area (Å²) in [6.07, 6.45) is 3.97. The molecule has 0 radical (unpaired) electrons. The molecule has 0 saturated carbocycles. The van der Waals surface area contributed by atoms with E-state index in [4.69, 9.17) is 25.8 Å². The van der Waals surface area contributed by atoms with E-state index in [2.05, 4.69) is 21.2 Å². The Morgan fingerprint density at radius 3 is 2.55 bits per heavy atom. The van der Waals surface area contributed by atoms with Gasteiger partial charge < -0.3 is 19.5 Å². The molecule has 1 N–H and O–H groups in total. The van der Waals surface area contributed by atoms with Gasteiger partial charge in [0.05, 0.1) is 39.8 Å². The lowest BCUT2D eigenvalue weighted by molar-refractivity contribution is -0.127. The van der Waals surface area contributed by atoms with Gasteiger partial charge in [0.15, 0.2) is 11.5 Å². The number of nitrogens with zero attached hydrogens (tertiary/aromatic N) is 1. The summed E-state index contributed by atoms with van der Waals surface area (Å²) in [5, 5.41) is 2.21. The van der Waals surface area contributed by atoms with E-state index in [1.54, 1.807) is 18.2 Å². The maximum Gasteiger partial charge on any atom is 0.339 e. The molecule has 1 saturated heterocycles. The molecule has 1 heterocycles. The highest BCUT2D eigenvalue weighted by Crippen LogP contribution is 2.39. The van der Waals surface area contributed by atoms with E-state index in [-0.39, 0.29) is 27.8 Å². The summed E-state index contributed by atoms with van der Waals surface area (Å²) in [5.41, 5.74) is 1.00. The van der Waals surface area contributed by atoms with Crippen molar-refractivity contribution in [3.05, 3.63) is 55.9 Å². The van der Waals surface area contributed by atoms with Crippen LogP contribution in [0.5, 0.6) is 11.5 Å². The monoisotopic (exact) mass is 652 g/mol. The van der Waals surface area contributed by atoms with Gasteiger partial charge in [-0.15, -0.1) is 0 Å². The van der Waals surface area contributed by atoms with E-state index >= 15 is 0 Å². The van der Waals surface area contributed by atoms with Gasteiger partial charge in [-0.3, -0.25) is 19.3 Å². The highest BCUT2D eigenvalue weighted by molar-refractivity contribution is 9.10. The van der Waals surface area contributed by atoms with Crippen LogP contribution in [0.15, 0.2) is 39.7 Å². The topological polar surface area (TPSA) is 111 Å². The molecule has 40 heavy (non-hydrogen) atoms. The van der Waals surface area contributed by atoms with Crippen LogP contribution in [0, 0.1) is 0 Å². The van der Waals surface area contributed by atoms with Gasteiger partial charge >= 0.3 is 5.97 Å². The summed E-state index contributed by atoms with van der Waals surface area (Å²) in [5.74, 6) is -0.747. The number of carbonyl (C=O) groups is 4. The summed E-state index contributed by atoms with van der Waals surface area (Å²) < 4.78 is 17.3. The first-order valence-electron chi connectivity index (χ1n) is 12.8. The number of halogens is 2. The first kappa shape index (κ1) is 31.5. The van der Waals surface area contributed by atoms with E-state index in [9.17, 15) is 19.2 Å². The Labute approximate surface area is 250 Å². The van der Waals surface area contributed by atoms with Crippen LogP contribution >= 0.6 is 39.3 Å². The number of hydrogen-bond donors (Lipinski definition) is 1. The normalized spacial score (nSPS) is 14.0. The van der Waals surface area contributed by atoms with Gasteiger partial charge in [0.25, 0.3) is 11.1 Å². The average molecular weight is 654 g/mol. The predicted molar refractivity (Wildman–Crippen MR) is 159 cm³/mol. The van der Waals surface area contributed by atoms with E-state index in [0.717, 1.165) is 35.9 Å². The molecule has 2 aromatic carbocycles. The van der Waals surface area contributed by atoms with Crippen LogP contribution in [0.2, 0.25) is 5.02 Å². The Kier molecular flexibility index (Phi) is 11.9. The third-order valence-electron chi connectivity index (χ3n) is 5.46. The fourth-order valence-corrected chi connectivity index (χ4v) is 5.16. The molecule has 0 spiro atoms. The highest BCUT2D eigenvalue weighted by atomic mass is 79.9. The molecule has 0 aromatic heterocycles. The summed E-state index contributed by atoms with van der Waals surface area (Å²) in [6.45, 7) is 6.51. The second-order valence-corrected chi connectivity index (χ2v) is 10.9. The van der Waals surface area contributed by atoms with Crippen molar-refractivity contribution in [3.8, 4) is 11.5 Å². The SMILES string of the molecule is CCCCOC(=O)c1cc(NC(=O)CN2C(=O)S/C(=C\c3cc(Br)c(OCCC)c(OCC)c3)C2=O)ccc1Cl. The van der Waals surface area contributed by atoms with Crippen molar-refractivity contribution in [2.45, 2.75) is 40.0 Å². The van der Waals surface area contributed by atoms with Crippen molar-refractivity contribution in [2.75, 3.05) is 31.7 Å². The van der Waals surface area contributed by atoms with Crippen LogP contribution in [-0.2, 0) is 14.3 Å². The zero-order chi connectivity index (χ0) is 29.2. The Morgan fingerprint density at radius 1 is 1.07 bits per heavy atom. The smallest absolute Gasteiger partial charge is 0.339 e. The van der Waals surface area contributed by atoms with Crippen molar-refractivity contribution >= 4 is 74.1 Å². The molecule has 0 unspecified atom stereocenters. The van der Waals surface area contributed by atoms with E-state index in [1.165, 1.54) is 18.2 Å². The lowest BCUT2D eigenvalue weighted by Crippen LogP contribution is -2.36. The third kappa shape index (κ3) is 8.25. The van der Waals surface area contributed by atoms with E-state index < -0.39 is 29.6 Å². The lowest BCUT2D eigenvalue weighted by atomic mass is 10.1. The van der Waals surface area contributed by atoms with Crippen molar-refractivity contribution in [1.82, 2.24) is 4.90 Å². The standard InChI is InChI=1S/C28H30BrClN2O7S/c1-4-7-11-39-27(35)19-15-18(8-9-21(19)30)31-24(33)16-32-26(34)23(40-28(32)36)14-17-12-20(29)25(38-10-5-2)22(13-17)37-6-3/h8-9,12-15H,4-7,10-11,16H2,1-3H3,(H,31,33)/b23-14-. The number of unbranched alkanes of at least 4 members (excludes halogenated alkanes) is 1. The zero-order valence-electron chi connectivity index (χ0n) is 22.4. The number of esters is 1. The summed E-state index contributed by atoms with van der Waals surface area (Å²) in [6, 6.07) is 7.86. The summed E-state index contributed by atoms with van der Waals surface area (Å²) in [7, 11) is 0. The Bertz CT molecular complexity index is 1320. The molecule has 1 fully saturated rings. The molecule has 3 rings (SSSR count). The van der Waals surface area contributed by atoms with Crippen molar-refractivity contribution in [1.29, 1.82) is 0 Å². The molecule has 1 aliphatic heterocycles. The number of thioether (sulfide) groups is 1. The molecule has 9 nitrogen and oxygen atoms in total. The number of rotatable bonds is 13. The van der Waals surface area contributed by atoms with Gasteiger partial charge in [0.1, 0.15) is 6.54 Å². The summed E-state index contributed by atoms with van der Waals surface area (Å²) in [4.78, 5) is 51.7. The number of carbonyl (C=O) groups excluding carboxylic acids is 4. The molecule has 2 aromatic rings. The largest absolute Gasteiger partial charge is 0.490 e. The minimum Gasteiger partial charge on any atom is -0.490 e. The minimum atomic E-state index is -0.616. The van der Waals surface area contributed by atoms with Gasteiger partial charge in [0, 0.05) is 5.69 Å². The van der Waals surface area contributed by atoms with Crippen molar-refractivity contribution in [2.24, 2.45) is 0 Å². The van der Waals surface area contributed by atoms with Crippen LogP contribution in [0.25, 0.3) is 6.08 Å². The van der Waals surface area contributed by atoms with Gasteiger partial charge in [-0.1, -0.05) is 31.9 Å². The van der Waals surface area contributed by atoms with Crippen LogP contribution in [0.1, 0.15) is 56.0 Å². The minimum absolute atomic E-state index is 0.105. The molecule has 0 aliphatic carbocycles. The average Bonchev–Trinajstić information content (AvgIpc) is 3.16. The predicted octanol–water partition coefficient (Wildman–Crippen LogP) is 6.92. The quantitative estimate of drug-likeness (QED) is 0.141. The fourth-order valence-electron chi connectivity index (χ4n) is 3.56. The maximum atomic E-state index is 13.0. The van der Waals surface area contributed by atoms with E-state index in [0.29, 0.717) is 34.7 Å². The summed E-state index contributed by atoms with van der Waals surface area (Å²) >= 11 is 10.4. The van der Waals surface area contributed by atoms with Crippen LogP contribution in [0.4, 0.5) is 10.5 Å². The van der Waals surface area contributed by atoms with Gasteiger partial charge in [-0.25, -0.2) is 4.79 Å². The molecule has 0 atom stereocenters. The Morgan fingerprint density at radius 2 is 1.85 bits per heavy atom. The number of nitrogens with one attached hydrogen (secondary N) is 1. The van der Waals surface area contributed by atoms with Gasteiger partial charge in [-0.05, 0) is 89.4 Å². The molecule has 1 aliphatic rings. The van der Waals surface area contributed by atoms with Gasteiger partial charge in [0.2, 0.25) is 5.91 Å². The Hall–Kier alpha value is -3.02. The first-order valence-corrected chi connectivity index (χ1v) is 14.8. The second-order valence-electron chi connectivity index (χ2n) is 8.61. The zero-order valence-corrected chi connectivity index (χ0v) is 25.5. The number of ether oxygens (including phenoxy) is 3. The van der Waals surface area contributed by atoms with Crippen LogP contribution < -0.4 is 14.8 Å².